The molecule has 15 heavy (non-hydrogen) atoms. The van der Waals surface area contributed by atoms with Crippen LogP contribution in [0.1, 0.15) is 17.0 Å². The van der Waals surface area contributed by atoms with E-state index in [1.165, 1.54) is 7.11 Å². The third-order valence-corrected chi connectivity index (χ3v) is 2.61. The number of hydrogen-bond donors (Lipinski definition) is 1. The monoisotopic (exact) mass is 212 g/mol. The fourth-order valence-electron chi connectivity index (χ4n) is 1.57. The molecule has 84 valence electrons. The molecule has 0 radical (unpaired) electrons. The number of hydrogen-bond acceptors (Lipinski definition) is 3. The van der Waals surface area contributed by atoms with Crippen molar-refractivity contribution < 1.29 is 14.6 Å². The number of carboxylic acid groups (broad SMARTS) is 1. The van der Waals surface area contributed by atoms with Crippen molar-refractivity contribution in [3.63, 3.8) is 0 Å². The van der Waals surface area contributed by atoms with Gasteiger partial charge in [-0.3, -0.25) is 4.68 Å². The van der Waals surface area contributed by atoms with Crippen LogP contribution in [0, 0.1) is 13.8 Å². The molecule has 1 N–H and O–H groups in total. The second-order valence-electron chi connectivity index (χ2n) is 3.54. The van der Waals surface area contributed by atoms with Gasteiger partial charge in [0.1, 0.15) is 0 Å². The van der Waals surface area contributed by atoms with E-state index in [2.05, 4.69) is 5.10 Å². The first-order chi connectivity index (χ1) is 6.97. The first-order valence-electron chi connectivity index (χ1n) is 4.72. The van der Waals surface area contributed by atoms with Gasteiger partial charge >= 0.3 is 5.97 Å². The van der Waals surface area contributed by atoms with Gasteiger partial charge in [0.25, 0.3) is 0 Å². The first kappa shape index (κ1) is 11.7. The Balaban J connectivity index is 2.92. The van der Waals surface area contributed by atoms with Crippen molar-refractivity contribution in [3.8, 4) is 0 Å². The van der Waals surface area contributed by atoms with Crippen molar-refractivity contribution in [2.45, 2.75) is 26.4 Å². The maximum absolute atomic E-state index is 10.8. The highest BCUT2D eigenvalue weighted by Crippen LogP contribution is 2.15. The van der Waals surface area contributed by atoms with Crippen molar-refractivity contribution in [2.75, 3.05) is 7.11 Å². The maximum Gasteiger partial charge on any atom is 0.333 e. The molecule has 0 amide bonds. The molecule has 0 spiro atoms. The quantitative estimate of drug-likeness (QED) is 0.797. The molecule has 1 rings (SSSR count). The standard InChI is InChI=1S/C10H16N2O3/c1-6-8(7(2)12(3)11-6)5-9(15-4)10(13)14/h9H,5H2,1-4H3,(H,13,14). The van der Waals surface area contributed by atoms with Crippen LogP contribution in [0.3, 0.4) is 0 Å². The minimum Gasteiger partial charge on any atom is -0.479 e. The average Bonchev–Trinajstić information content (AvgIpc) is 2.39. The Morgan fingerprint density at radius 3 is 2.53 bits per heavy atom. The van der Waals surface area contributed by atoms with E-state index in [4.69, 9.17) is 9.84 Å². The van der Waals surface area contributed by atoms with E-state index in [1.54, 1.807) is 4.68 Å². The lowest BCUT2D eigenvalue weighted by molar-refractivity contribution is -0.148. The summed E-state index contributed by atoms with van der Waals surface area (Å²) in [4.78, 5) is 10.8. The molecular weight excluding hydrogens is 196 g/mol. The van der Waals surface area contributed by atoms with Gasteiger partial charge in [-0.1, -0.05) is 0 Å². The van der Waals surface area contributed by atoms with Crippen LogP contribution in [-0.2, 0) is 23.0 Å². The Morgan fingerprint density at radius 2 is 2.20 bits per heavy atom. The molecule has 0 bridgehead atoms. The minimum absolute atomic E-state index is 0.358. The second-order valence-corrected chi connectivity index (χ2v) is 3.54. The largest absolute Gasteiger partial charge is 0.479 e. The number of ether oxygens (including phenoxy) is 1. The number of aromatic nitrogens is 2. The van der Waals surface area contributed by atoms with Crippen LogP contribution < -0.4 is 0 Å². The van der Waals surface area contributed by atoms with Crippen molar-refractivity contribution in [2.24, 2.45) is 7.05 Å². The number of methoxy groups -OCH3 is 1. The highest BCUT2D eigenvalue weighted by molar-refractivity contribution is 5.72. The summed E-state index contributed by atoms with van der Waals surface area (Å²) < 4.78 is 6.65. The van der Waals surface area contributed by atoms with Crippen LogP contribution in [0.25, 0.3) is 0 Å². The molecule has 1 heterocycles. The molecule has 1 unspecified atom stereocenters. The van der Waals surface area contributed by atoms with Crippen LogP contribution in [0.5, 0.6) is 0 Å². The molecule has 1 aromatic rings. The zero-order chi connectivity index (χ0) is 11.6. The summed E-state index contributed by atoms with van der Waals surface area (Å²) in [5.41, 5.74) is 2.79. The molecule has 5 heteroatoms. The number of carbonyl (C=O) groups is 1. The number of aryl methyl sites for hydroxylation is 2. The highest BCUT2D eigenvalue weighted by atomic mass is 16.5. The lowest BCUT2D eigenvalue weighted by Crippen LogP contribution is -2.25. The summed E-state index contributed by atoms with van der Waals surface area (Å²) in [5, 5.41) is 13.1. The average molecular weight is 212 g/mol. The molecular formula is C10H16N2O3. The molecule has 0 aliphatic heterocycles. The van der Waals surface area contributed by atoms with Gasteiger partial charge in [0.15, 0.2) is 6.10 Å². The zero-order valence-electron chi connectivity index (χ0n) is 9.44. The van der Waals surface area contributed by atoms with E-state index in [9.17, 15) is 4.79 Å². The number of carboxylic acids is 1. The summed E-state index contributed by atoms with van der Waals surface area (Å²) in [5.74, 6) is -0.944. The van der Waals surface area contributed by atoms with Gasteiger partial charge in [0.2, 0.25) is 0 Å². The summed E-state index contributed by atoms with van der Waals surface area (Å²) in [6.45, 7) is 3.79. The van der Waals surface area contributed by atoms with Crippen molar-refractivity contribution in [1.82, 2.24) is 9.78 Å². The number of aliphatic carboxylic acids is 1. The van der Waals surface area contributed by atoms with Crippen LogP contribution in [0.4, 0.5) is 0 Å². The topological polar surface area (TPSA) is 64.4 Å². The SMILES string of the molecule is COC(Cc1c(C)nn(C)c1C)C(=O)O. The third kappa shape index (κ3) is 2.36. The Hall–Kier alpha value is -1.36. The molecule has 0 aromatic carbocycles. The van der Waals surface area contributed by atoms with Crippen molar-refractivity contribution >= 4 is 5.97 Å². The van der Waals surface area contributed by atoms with E-state index in [-0.39, 0.29) is 0 Å². The molecule has 1 aromatic heterocycles. The summed E-state index contributed by atoms with van der Waals surface area (Å²) in [7, 11) is 3.24. The van der Waals surface area contributed by atoms with Crippen molar-refractivity contribution in [1.29, 1.82) is 0 Å². The molecule has 0 saturated carbocycles. The molecule has 0 aliphatic rings. The van der Waals surface area contributed by atoms with Crippen LogP contribution in [0.2, 0.25) is 0 Å². The smallest absolute Gasteiger partial charge is 0.333 e. The second kappa shape index (κ2) is 4.44. The lowest BCUT2D eigenvalue weighted by atomic mass is 10.1. The first-order valence-corrected chi connectivity index (χ1v) is 4.72. The predicted molar refractivity (Wildman–Crippen MR) is 54.8 cm³/mol. The molecule has 0 fully saturated rings. The number of rotatable bonds is 4. The molecule has 1 atom stereocenters. The Bertz CT molecular complexity index is 371. The molecule has 5 nitrogen and oxygen atoms in total. The van der Waals surface area contributed by atoms with E-state index in [0.29, 0.717) is 6.42 Å². The number of nitrogens with zero attached hydrogens (tertiary/aromatic N) is 2. The zero-order valence-corrected chi connectivity index (χ0v) is 9.44. The summed E-state index contributed by atoms with van der Waals surface area (Å²) in [6, 6.07) is 0. The molecule has 0 saturated heterocycles. The third-order valence-electron chi connectivity index (χ3n) is 2.61. The molecule has 0 aliphatic carbocycles. The van der Waals surface area contributed by atoms with Gasteiger partial charge in [0, 0.05) is 26.3 Å². The van der Waals surface area contributed by atoms with Gasteiger partial charge in [0.05, 0.1) is 5.69 Å². The van der Waals surface area contributed by atoms with Gasteiger partial charge < -0.3 is 9.84 Å². The van der Waals surface area contributed by atoms with Crippen LogP contribution >= 0.6 is 0 Å². The van der Waals surface area contributed by atoms with E-state index < -0.39 is 12.1 Å². The Labute approximate surface area is 88.7 Å². The van der Waals surface area contributed by atoms with Gasteiger partial charge in [-0.05, 0) is 19.4 Å². The van der Waals surface area contributed by atoms with E-state index in [1.807, 2.05) is 20.9 Å². The minimum atomic E-state index is -0.944. The Kier molecular flexibility index (Phi) is 3.47. The normalized spacial score (nSPS) is 12.8. The van der Waals surface area contributed by atoms with Gasteiger partial charge in [-0.25, -0.2) is 4.79 Å². The van der Waals surface area contributed by atoms with Gasteiger partial charge in [-0.15, -0.1) is 0 Å². The summed E-state index contributed by atoms with van der Waals surface area (Å²) in [6.07, 6.45) is -0.441. The highest BCUT2D eigenvalue weighted by Gasteiger charge is 2.21. The lowest BCUT2D eigenvalue weighted by Gasteiger charge is -2.10. The van der Waals surface area contributed by atoms with Crippen LogP contribution in [0.15, 0.2) is 0 Å². The van der Waals surface area contributed by atoms with Crippen LogP contribution in [-0.4, -0.2) is 34.1 Å². The summed E-state index contributed by atoms with van der Waals surface area (Å²) >= 11 is 0. The fourth-order valence-corrected chi connectivity index (χ4v) is 1.57. The fraction of sp³-hybridized carbons (Fsp3) is 0.600. The maximum atomic E-state index is 10.8. The van der Waals surface area contributed by atoms with E-state index >= 15 is 0 Å². The van der Waals surface area contributed by atoms with Gasteiger partial charge in [-0.2, -0.15) is 5.10 Å². The predicted octanol–water partition coefficient (Wildman–Crippen LogP) is 0.679. The Morgan fingerprint density at radius 1 is 1.60 bits per heavy atom. The van der Waals surface area contributed by atoms with E-state index in [0.717, 1.165) is 17.0 Å². The van der Waals surface area contributed by atoms with Crippen molar-refractivity contribution in [3.05, 3.63) is 17.0 Å².